The highest BCUT2D eigenvalue weighted by Gasteiger charge is 2.04. The molecule has 0 saturated heterocycles. The monoisotopic (exact) mass is 188 g/mol. The van der Waals surface area contributed by atoms with Gasteiger partial charge in [0.2, 0.25) is 0 Å². The number of aryl methyl sites for hydroxylation is 1. The van der Waals surface area contributed by atoms with E-state index in [4.69, 9.17) is 5.73 Å². The highest BCUT2D eigenvalue weighted by Crippen LogP contribution is 2.26. The molecule has 72 valence electrons. The number of pyridine rings is 1. The number of fused-ring (bicyclic) bond motifs is 1. The fourth-order valence-electron chi connectivity index (χ4n) is 1.59. The smallest absolute Gasteiger partial charge is 0.131 e. The third-order valence-corrected chi connectivity index (χ3v) is 2.37. The Kier molecular flexibility index (Phi) is 2.00. The van der Waals surface area contributed by atoms with E-state index in [0.717, 1.165) is 22.8 Å². The summed E-state index contributed by atoms with van der Waals surface area (Å²) in [6.45, 7) is 2.07. The largest absolute Gasteiger partial charge is 0.508 e. The van der Waals surface area contributed by atoms with Gasteiger partial charge in [0.1, 0.15) is 11.6 Å². The fraction of sp³-hybridized carbons (Fsp3) is 0.182. The predicted molar refractivity (Wildman–Crippen MR) is 57.2 cm³/mol. The number of hydrogen-bond acceptors (Lipinski definition) is 3. The Morgan fingerprint density at radius 3 is 2.86 bits per heavy atom. The molecule has 0 bridgehead atoms. The van der Waals surface area contributed by atoms with Gasteiger partial charge in [0.15, 0.2) is 0 Å². The summed E-state index contributed by atoms with van der Waals surface area (Å²) >= 11 is 0. The van der Waals surface area contributed by atoms with Gasteiger partial charge >= 0.3 is 0 Å². The maximum absolute atomic E-state index is 9.33. The first-order chi connectivity index (χ1) is 6.72. The predicted octanol–water partition coefficient (Wildman–Crippen LogP) is 2.08. The van der Waals surface area contributed by atoms with Gasteiger partial charge in [0.25, 0.3) is 0 Å². The molecule has 0 aliphatic carbocycles. The van der Waals surface area contributed by atoms with Crippen LogP contribution in [0.4, 0.5) is 5.82 Å². The molecule has 1 aromatic heterocycles. The first kappa shape index (κ1) is 8.81. The lowest BCUT2D eigenvalue weighted by molar-refractivity contribution is 0.476. The molecule has 0 saturated carbocycles. The van der Waals surface area contributed by atoms with E-state index in [-0.39, 0.29) is 5.75 Å². The summed E-state index contributed by atoms with van der Waals surface area (Å²) in [7, 11) is 0. The quantitative estimate of drug-likeness (QED) is 0.720. The number of anilines is 1. The molecular formula is C11H12N2O. The number of rotatable bonds is 1. The molecule has 0 aliphatic rings. The molecule has 2 rings (SSSR count). The second-order valence-corrected chi connectivity index (χ2v) is 3.25. The van der Waals surface area contributed by atoms with Crippen molar-refractivity contribution < 1.29 is 5.11 Å². The van der Waals surface area contributed by atoms with Crippen LogP contribution in [0.25, 0.3) is 10.8 Å². The number of phenolic OH excluding ortho intramolecular Hbond substituents is 1. The van der Waals surface area contributed by atoms with Gasteiger partial charge in [0, 0.05) is 11.6 Å². The first-order valence-corrected chi connectivity index (χ1v) is 4.58. The summed E-state index contributed by atoms with van der Waals surface area (Å²) in [6, 6.07) is 5.19. The fourth-order valence-corrected chi connectivity index (χ4v) is 1.59. The zero-order valence-corrected chi connectivity index (χ0v) is 7.99. The van der Waals surface area contributed by atoms with Crippen LogP contribution in [0.15, 0.2) is 24.4 Å². The molecular weight excluding hydrogens is 176 g/mol. The normalized spacial score (nSPS) is 10.6. The molecule has 3 heteroatoms. The van der Waals surface area contributed by atoms with Crippen molar-refractivity contribution in [1.29, 1.82) is 0 Å². The number of phenols is 1. The molecule has 0 aliphatic heterocycles. The number of nitrogen functional groups attached to an aromatic ring is 1. The van der Waals surface area contributed by atoms with Crippen LogP contribution in [0.2, 0.25) is 0 Å². The van der Waals surface area contributed by atoms with Gasteiger partial charge in [-0.25, -0.2) is 4.98 Å². The van der Waals surface area contributed by atoms with E-state index in [9.17, 15) is 5.11 Å². The Balaban J connectivity index is 2.84. The standard InChI is InChI=1S/C11H12N2O/c1-2-7-6-13-11(12)10-5-8(14)3-4-9(7)10/h3-6,14H,2H2,1H3,(H2,12,13). The van der Waals surface area contributed by atoms with Gasteiger partial charge in [-0.1, -0.05) is 13.0 Å². The third kappa shape index (κ3) is 1.27. The Morgan fingerprint density at radius 2 is 2.14 bits per heavy atom. The van der Waals surface area contributed by atoms with Gasteiger partial charge < -0.3 is 10.8 Å². The van der Waals surface area contributed by atoms with Crippen LogP contribution in [0.5, 0.6) is 5.75 Å². The van der Waals surface area contributed by atoms with Gasteiger partial charge in [-0.05, 0) is 29.5 Å². The molecule has 2 aromatic rings. The molecule has 0 fully saturated rings. The van der Waals surface area contributed by atoms with Crippen LogP contribution in [0, 0.1) is 0 Å². The van der Waals surface area contributed by atoms with Crippen LogP contribution in [0.1, 0.15) is 12.5 Å². The van der Waals surface area contributed by atoms with E-state index in [1.807, 2.05) is 6.07 Å². The number of aromatic hydroxyl groups is 1. The molecule has 3 nitrogen and oxygen atoms in total. The molecule has 0 unspecified atom stereocenters. The molecule has 0 atom stereocenters. The van der Waals surface area contributed by atoms with E-state index in [1.54, 1.807) is 18.3 Å². The van der Waals surface area contributed by atoms with Gasteiger partial charge in [-0.15, -0.1) is 0 Å². The van der Waals surface area contributed by atoms with E-state index in [1.165, 1.54) is 0 Å². The molecule has 0 spiro atoms. The van der Waals surface area contributed by atoms with Crippen LogP contribution in [-0.2, 0) is 6.42 Å². The third-order valence-electron chi connectivity index (χ3n) is 2.37. The van der Waals surface area contributed by atoms with Gasteiger partial charge in [0.05, 0.1) is 0 Å². The molecule has 0 amide bonds. The van der Waals surface area contributed by atoms with Crippen molar-refractivity contribution >= 4 is 16.6 Å². The summed E-state index contributed by atoms with van der Waals surface area (Å²) in [5.41, 5.74) is 6.87. The maximum Gasteiger partial charge on any atom is 0.131 e. The number of aromatic nitrogens is 1. The summed E-state index contributed by atoms with van der Waals surface area (Å²) < 4.78 is 0. The highest BCUT2D eigenvalue weighted by molar-refractivity contribution is 5.94. The Labute approximate surface area is 82.2 Å². The van der Waals surface area contributed by atoms with Crippen LogP contribution in [-0.4, -0.2) is 10.1 Å². The zero-order chi connectivity index (χ0) is 10.1. The summed E-state index contributed by atoms with van der Waals surface area (Å²) in [4.78, 5) is 4.09. The number of benzene rings is 1. The number of nitrogens with two attached hydrogens (primary N) is 1. The molecule has 1 aromatic carbocycles. The highest BCUT2D eigenvalue weighted by atomic mass is 16.3. The number of hydrogen-bond donors (Lipinski definition) is 2. The van der Waals surface area contributed by atoms with Gasteiger partial charge in [-0.3, -0.25) is 0 Å². The van der Waals surface area contributed by atoms with Crippen molar-refractivity contribution in [1.82, 2.24) is 4.98 Å². The minimum Gasteiger partial charge on any atom is -0.508 e. The minimum absolute atomic E-state index is 0.222. The van der Waals surface area contributed by atoms with E-state index in [2.05, 4.69) is 11.9 Å². The summed E-state index contributed by atoms with van der Waals surface area (Å²) in [6.07, 6.45) is 2.70. The van der Waals surface area contributed by atoms with Crippen molar-refractivity contribution in [3.8, 4) is 5.75 Å². The van der Waals surface area contributed by atoms with Crippen LogP contribution in [0.3, 0.4) is 0 Å². The van der Waals surface area contributed by atoms with Gasteiger partial charge in [-0.2, -0.15) is 0 Å². The average molecular weight is 188 g/mol. The second kappa shape index (κ2) is 3.18. The Bertz CT molecular complexity index is 480. The Hall–Kier alpha value is -1.77. The van der Waals surface area contributed by atoms with Crippen molar-refractivity contribution in [2.75, 3.05) is 5.73 Å². The van der Waals surface area contributed by atoms with Crippen LogP contribution >= 0.6 is 0 Å². The van der Waals surface area contributed by atoms with E-state index in [0.29, 0.717) is 5.82 Å². The average Bonchev–Trinajstić information content (AvgIpc) is 2.19. The lowest BCUT2D eigenvalue weighted by Gasteiger charge is -2.06. The van der Waals surface area contributed by atoms with Crippen molar-refractivity contribution in [2.24, 2.45) is 0 Å². The molecule has 1 heterocycles. The lowest BCUT2D eigenvalue weighted by atomic mass is 10.1. The molecule has 14 heavy (non-hydrogen) atoms. The topological polar surface area (TPSA) is 59.1 Å². The van der Waals surface area contributed by atoms with Crippen molar-refractivity contribution in [3.05, 3.63) is 30.0 Å². The maximum atomic E-state index is 9.33. The SMILES string of the molecule is CCc1cnc(N)c2cc(O)ccc12. The Morgan fingerprint density at radius 1 is 1.36 bits per heavy atom. The number of nitrogens with zero attached hydrogens (tertiary/aromatic N) is 1. The first-order valence-electron chi connectivity index (χ1n) is 4.58. The van der Waals surface area contributed by atoms with Crippen molar-refractivity contribution in [3.63, 3.8) is 0 Å². The van der Waals surface area contributed by atoms with Crippen LogP contribution < -0.4 is 5.73 Å². The van der Waals surface area contributed by atoms with E-state index >= 15 is 0 Å². The van der Waals surface area contributed by atoms with E-state index < -0.39 is 0 Å². The molecule has 3 N–H and O–H groups in total. The lowest BCUT2D eigenvalue weighted by Crippen LogP contribution is -1.94. The summed E-state index contributed by atoms with van der Waals surface area (Å²) in [5, 5.41) is 11.2. The zero-order valence-electron chi connectivity index (χ0n) is 7.99. The second-order valence-electron chi connectivity index (χ2n) is 3.25. The summed E-state index contributed by atoms with van der Waals surface area (Å²) in [5.74, 6) is 0.687. The minimum atomic E-state index is 0.222. The van der Waals surface area contributed by atoms with Crippen molar-refractivity contribution in [2.45, 2.75) is 13.3 Å². The molecule has 0 radical (unpaired) electrons.